The van der Waals surface area contributed by atoms with E-state index in [-0.39, 0.29) is 0 Å². The van der Waals surface area contributed by atoms with Crippen LogP contribution in [0.2, 0.25) is 0 Å². The van der Waals surface area contributed by atoms with Crippen LogP contribution in [0.25, 0.3) is 5.69 Å². The van der Waals surface area contributed by atoms with Gasteiger partial charge in [-0.1, -0.05) is 44.0 Å². The van der Waals surface area contributed by atoms with Crippen molar-refractivity contribution in [2.24, 2.45) is 5.73 Å². The Labute approximate surface area is 121 Å². The summed E-state index contributed by atoms with van der Waals surface area (Å²) in [4.78, 5) is 0. The Bertz CT molecular complexity index is 528. The second-order valence-electron chi connectivity index (χ2n) is 5.12. The van der Waals surface area contributed by atoms with Crippen molar-refractivity contribution in [2.45, 2.75) is 52.5 Å². The summed E-state index contributed by atoms with van der Waals surface area (Å²) in [5, 5.41) is 8.44. The number of hydrogen-bond acceptors (Lipinski definition) is 3. The lowest BCUT2D eigenvalue weighted by molar-refractivity contribution is 0.744. The lowest BCUT2D eigenvalue weighted by Gasteiger charge is -2.08. The first-order valence-corrected chi connectivity index (χ1v) is 7.53. The minimum absolute atomic E-state index is 0.448. The van der Waals surface area contributed by atoms with Crippen molar-refractivity contribution in [1.29, 1.82) is 0 Å². The Balaban J connectivity index is 2.24. The molecule has 0 aliphatic rings. The van der Waals surface area contributed by atoms with Gasteiger partial charge >= 0.3 is 0 Å². The maximum atomic E-state index is 5.74. The second-order valence-corrected chi connectivity index (χ2v) is 5.12. The number of nitrogens with zero attached hydrogens (tertiary/aromatic N) is 3. The average Bonchev–Trinajstić information content (AvgIpc) is 2.89. The Morgan fingerprint density at radius 1 is 1.05 bits per heavy atom. The largest absolute Gasteiger partial charge is 0.325 e. The minimum Gasteiger partial charge on any atom is -0.325 e. The zero-order chi connectivity index (χ0) is 14.4. The molecule has 0 aliphatic carbocycles. The lowest BCUT2D eigenvalue weighted by atomic mass is 10.1. The van der Waals surface area contributed by atoms with Gasteiger partial charge in [-0.25, -0.2) is 4.68 Å². The number of hydrogen-bond donors (Lipinski definition) is 1. The van der Waals surface area contributed by atoms with Crippen LogP contribution in [-0.4, -0.2) is 15.0 Å². The normalized spacial score (nSPS) is 10.9. The summed E-state index contributed by atoms with van der Waals surface area (Å²) in [5.74, 6) is 0. The van der Waals surface area contributed by atoms with E-state index in [4.69, 9.17) is 5.73 Å². The predicted molar refractivity (Wildman–Crippen MR) is 81.9 cm³/mol. The molecule has 1 aromatic carbocycles. The summed E-state index contributed by atoms with van der Waals surface area (Å²) in [7, 11) is 0. The van der Waals surface area contributed by atoms with E-state index in [0.717, 1.165) is 36.3 Å². The first-order valence-electron chi connectivity index (χ1n) is 7.53. The van der Waals surface area contributed by atoms with Crippen molar-refractivity contribution in [1.82, 2.24) is 15.0 Å². The van der Waals surface area contributed by atoms with Gasteiger partial charge < -0.3 is 5.73 Å². The highest BCUT2D eigenvalue weighted by Gasteiger charge is 2.12. The van der Waals surface area contributed by atoms with Crippen molar-refractivity contribution >= 4 is 0 Å². The van der Waals surface area contributed by atoms with E-state index in [1.54, 1.807) is 0 Å². The molecule has 0 bridgehead atoms. The minimum atomic E-state index is 0.448. The average molecular weight is 272 g/mol. The Kier molecular flexibility index (Phi) is 5.30. The molecule has 0 unspecified atom stereocenters. The molecule has 0 fully saturated rings. The van der Waals surface area contributed by atoms with Crippen LogP contribution >= 0.6 is 0 Å². The van der Waals surface area contributed by atoms with Gasteiger partial charge in [-0.3, -0.25) is 0 Å². The van der Waals surface area contributed by atoms with Crippen LogP contribution in [0.3, 0.4) is 0 Å². The smallest absolute Gasteiger partial charge is 0.0999 e. The molecule has 0 saturated carbocycles. The van der Waals surface area contributed by atoms with E-state index in [1.165, 1.54) is 18.4 Å². The zero-order valence-electron chi connectivity index (χ0n) is 12.5. The number of aromatic nitrogens is 3. The molecule has 0 radical (unpaired) electrons. The highest BCUT2D eigenvalue weighted by molar-refractivity contribution is 5.36. The molecular formula is C16H24N4. The van der Waals surface area contributed by atoms with Crippen molar-refractivity contribution in [3.05, 3.63) is 41.2 Å². The number of unbranched alkanes of at least 4 members (excludes halogenated alkanes) is 1. The molecule has 0 spiro atoms. The van der Waals surface area contributed by atoms with Crippen LogP contribution in [0.5, 0.6) is 0 Å². The van der Waals surface area contributed by atoms with Crippen molar-refractivity contribution in [3.8, 4) is 5.69 Å². The molecule has 0 saturated heterocycles. The van der Waals surface area contributed by atoms with Gasteiger partial charge in [0.05, 0.1) is 17.1 Å². The summed E-state index contributed by atoms with van der Waals surface area (Å²) in [6.45, 7) is 4.82. The van der Waals surface area contributed by atoms with E-state index >= 15 is 0 Å². The number of rotatable bonds is 7. The van der Waals surface area contributed by atoms with Crippen LogP contribution in [0.15, 0.2) is 24.3 Å². The molecule has 4 nitrogen and oxygen atoms in total. The summed E-state index contributed by atoms with van der Waals surface area (Å²) in [6, 6.07) is 8.62. The van der Waals surface area contributed by atoms with Crippen molar-refractivity contribution < 1.29 is 0 Å². The van der Waals surface area contributed by atoms with Gasteiger partial charge in [-0.2, -0.15) is 0 Å². The van der Waals surface area contributed by atoms with Gasteiger partial charge in [0.2, 0.25) is 0 Å². The van der Waals surface area contributed by atoms with Gasteiger partial charge in [0.15, 0.2) is 0 Å². The fourth-order valence-corrected chi connectivity index (χ4v) is 2.37. The molecule has 2 N–H and O–H groups in total. The molecular weight excluding hydrogens is 248 g/mol. The molecule has 1 heterocycles. The number of benzene rings is 1. The van der Waals surface area contributed by atoms with E-state index in [0.29, 0.717) is 6.54 Å². The maximum absolute atomic E-state index is 5.74. The summed E-state index contributed by atoms with van der Waals surface area (Å²) in [6.07, 6.45) is 5.63. The Hall–Kier alpha value is -1.68. The molecule has 0 aliphatic heterocycles. The third-order valence-electron chi connectivity index (χ3n) is 3.52. The fourth-order valence-electron chi connectivity index (χ4n) is 2.37. The highest BCUT2D eigenvalue weighted by atomic mass is 15.4. The SMILES string of the molecule is CCCCc1ccc(-n2nnc(CN)c2CCC)cc1. The van der Waals surface area contributed by atoms with Crippen LogP contribution in [0, 0.1) is 0 Å². The van der Waals surface area contributed by atoms with E-state index < -0.39 is 0 Å². The van der Waals surface area contributed by atoms with E-state index in [9.17, 15) is 0 Å². The molecule has 2 rings (SSSR count). The molecule has 0 atom stereocenters. The second kappa shape index (κ2) is 7.20. The van der Waals surface area contributed by atoms with Crippen LogP contribution in [0.1, 0.15) is 50.1 Å². The van der Waals surface area contributed by atoms with Crippen LogP contribution < -0.4 is 5.73 Å². The van der Waals surface area contributed by atoms with Crippen LogP contribution in [-0.2, 0) is 19.4 Å². The first-order chi connectivity index (χ1) is 9.80. The summed E-state index contributed by atoms with van der Waals surface area (Å²) in [5.41, 5.74) is 10.2. The molecule has 0 amide bonds. The van der Waals surface area contributed by atoms with E-state index in [2.05, 4.69) is 48.4 Å². The summed E-state index contributed by atoms with van der Waals surface area (Å²) < 4.78 is 1.93. The van der Waals surface area contributed by atoms with E-state index in [1.807, 2.05) is 4.68 Å². The maximum Gasteiger partial charge on any atom is 0.0999 e. The standard InChI is InChI=1S/C16H24N4/c1-3-5-7-13-8-10-14(11-9-13)20-16(6-4-2)15(12-17)18-19-20/h8-11H,3-7,12,17H2,1-2H3. The molecule has 1 aromatic heterocycles. The van der Waals surface area contributed by atoms with Gasteiger partial charge in [0.25, 0.3) is 0 Å². The molecule has 4 heteroatoms. The Morgan fingerprint density at radius 2 is 1.80 bits per heavy atom. The van der Waals surface area contributed by atoms with Crippen molar-refractivity contribution in [3.63, 3.8) is 0 Å². The van der Waals surface area contributed by atoms with Gasteiger partial charge in [-0.15, -0.1) is 5.10 Å². The third kappa shape index (κ3) is 3.25. The third-order valence-corrected chi connectivity index (χ3v) is 3.52. The molecule has 108 valence electrons. The van der Waals surface area contributed by atoms with Gasteiger partial charge in [-0.05, 0) is 37.0 Å². The molecule has 20 heavy (non-hydrogen) atoms. The van der Waals surface area contributed by atoms with Crippen LogP contribution in [0.4, 0.5) is 0 Å². The number of nitrogens with two attached hydrogens (primary N) is 1. The van der Waals surface area contributed by atoms with Gasteiger partial charge in [0, 0.05) is 6.54 Å². The Morgan fingerprint density at radius 3 is 2.40 bits per heavy atom. The number of aryl methyl sites for hydroxylation is 1. The van der Waals surface area contributed by atoms with Gasteiger partial charge in [0.1, 0.15) is 0 Å². The fraction of sp³-hybridized carbons (Fsp3) is 0.500. The summed E-state index contributed by atoms with van der Waals surface area (Å²) >= 11 is 0. The van der Waals surface area contributed by atoms with Crippen molar-refractivity contribution in [2.75, 3.05) is 0 Å². The monoisotopic (exact) mass is 272 g/mol. The zero-order valence-corrected chi connectivity index (χ0v) is 12.5. The topological polar surface area (TPSA) is 56.7 Å². The molecule has 2 aromatic rings. The highest BCUT2D eigenvalue weighted by Crippen LogP contribution is 2.16. The quantitative estimate of drug-likeness (QED) is 0.843. The lowest BCUT2D eigenvalue weighted by Crippen LogP contribution is -2.06. The predicted octanol–water partition coefficient (Wildman–Crippen LogP) is 3.02. The first kappa shape index (κ1) is 14.7.